The first-order valence-corrected chi connectivity index (χ1v) is 11.7. The molecule has 0 aliphatic carbocycles. The lowest BCUT2D eigenvalue weighted by Gasteiger charge is -2.24. The van der Waals surface area contributed by atoms with Crippen molar-refractivity contribution in [1.82, 2.24) is 15.1 Å². The quantitative estimate of drug-likeness (QED) is 0.339. The Morgan fingerprint density at radius 2 is 1.58 bits per heavy atom. The zero-order valence-electron chi connectivity index (χ0n) is 17.5. The van der Waals surface area contributed by atoms with E-state index in [1.54, 1.807) is 0 Å². The summed E-state index contributed by atoms with van der Waals surface area (Å²) in [6, 6.07) is 1.30. The number of rotatable bonds is 16. The molecule has 0 aliphatic heterocycles. The van der Waals surface area contributed by atoms with E-state index >= 15 is 0 Å². The number of hydrogen-bond acceptors (Lipinski definition) is 4. The summed E-state index contributed by atoms with van der Waals surface area (Å²) in [6.07, 6.45) is 5.07. The summed E-state index contributed by atoms with van der Waals surface area (Å²) in [4.78, 5) is 5.08. The second kappa shape index (κ2) is 15.3. The highest BCUT2D eigenvalue weighted by Crippen LogP contribution is 2.07. The van der Waals surface area contributed by atoms with Gasteiger partial charge in [-0.15, -0.1) is 0 Å². The summed E-state index contributed by atoms with van der Waals surface area (Å²) < 4.78 is 5.97. The minimum atomic E-state index is -0.349. The van der Waals surface area contributed by atoms with Gasteiger partial charge in [-0.2, -0.15) is 0 Å². The van der Waals surface area contributed by atoms with E-state index in [2.05, 4.69) is 56.8 Å². The normalized spacial score (nSPS) is 13.0. The standard InChI is InChI=1S/C19H45N3OSi/c1-7-12-20-13-9-15-22(16-10-14-21(6)8-2)17-11-18-24-23-19(3,4)5/h20H,7-18,24H2,1-6H3. The van der Waals surface area contributed by atoms with Crippen molar-refractivity contribution in [3.05, 3.63) is 0 Å². The molecular weight excluding hydrogens is 314 g/mol. The van der Waals surface area contributed by atoms with Crippen molar-refractivity contribution in [2.75, 3.05) is 52.9 Å². The first-order valence-electron chi connectivity index (χ1n) is 10.1. The molecule has 0 aliphatic rings. The molecule has 0 amide bonds. The lowest BCUT2D eigenvalue weighted by Crippen LogP contribution is -2.32. The van der Waals surface area contributed by atoms with Crippen molar-refractivity contribution in [3.8, 4) is 0 Å². The Bertz CT molecular complexity index is 272. The maximum atomic E-state index is 5.97. The third-order valence-corrected chi connectivity index (χ3v) is 6.07. The van der Waals surface area contributed by atoms with Gasteiger partial charge in [0.2, 0.25) is 0 Å². The molecule has 0 spiro atoms. The van der Waals surface area contributed by atoms with Crippen LogP contribution in [0.3, 0.4) is 0 Å². The topological polar surface area (TPSA) is 27.7 Å². The lowest BCUT2D eigenvalue weighted by molar-refractivity contribution is 0.137. The lowest BCUT2D eigenvalue weighted by atomic mass is 10.2. The van der Waals surface area contributed by atoms with Crippen LogP contribution in [0.25, 0.3) is 0 Å². The summed E-state index contributed by atoms with van der Waals surface area (Å²) >= 11 is 0. The molecule has 24 heavy (non-hydrogen) atoms. The van der Waals surface area contributed by atoms with Crippen LogP contribution in [0.2, 0.25) is 6.04 Å². The second-order valence-corrected chi connectivity index (χ2v) is 9.27. The minimum Gasteiger partial charge on any atom is -0.419 e. The third kappa shape index (κ3) is 16.9. The Morgan fingerprint density at radius 3 is 2.21 bits per heavy atom. The maximum absolute atomic E-state index is 5.97. The molecular formula is C19H45N3OSi. The SMILES string of the molecule is CCCNCCCN(CCC[SiH2]OC(C)(C)C)CCCN(C)CC. The molecule has 1 N–H and O–H groups in total. The smallest absolute Gasteiger partial charge is 0.162 e. The van der Waals surface area contributed by atoms with E-state index in [9.17, 15) is 0 Å². The van der Waals surface area contributed by atoms with E-state index in [0.29, 0.717) is 0 Å². The largest absolute Gasteiger partial charge is 0.419 e. The number of nitrogens with zero attached hydrogens (tertiary/aromatic N) is 2. The van der Waals surface area contributed by atoms with Crippen LogP contribution in [-0.4, -0.2) is 78.0 Å². The van der Waals surface area contributed by atoms with Crippen LogP contribution < -0.4 is 5.32 Å². The monoisotopic (exact) mass is 359 g/mol. The van der Waals surface area contributed by atoms with Crippen LogP contribution >= 0.6 is 0 Å². The van der Waals surface area contributed by atoms with Crippen molar-refractivity contribution >= 4 is 9.76 Å². The van der Waals surface area contributed by atoms with Gasteiger partial charge in [0, 0.05) is 5.60 Å². The van der Waals surface area contributed by atoms with Crippen LogP contribution in [0.1, 0.15) is 60.3 Å². The first kappa shape index (κ1) is 24.1. The van der Waals surface area contributed by atoms with Crippen LogP contribution in [-0.2, 0) is 4.43 Å². The number of hydrogen-bond donors (Lipinski definition) is 1. The summed E-state index contributed by atoms with van der Waals surface area (Å²) in [7, 11) is 1.87. The van der Waals surface area contributed by atoms with Gasteiger partial charge < -0.3 is 19.5 Å². The molecule has 0 fully saturated rings. The Kier molecular flexibility index (Phi) is 15.4. The van der Waals surface area contributed by atoms with Gasteiger partial charge >= 0.3 is 0 Å². The third-order valence-electron chi connectivity index (χ3n) is 4.21. The van der Waals surface area contributed by atoms with E-state index in [0.717, 1.165) is 19.6 Å². The summed E-state index contributed by atoms with van der Waals surface area (Å²) in [5.41, 5.74) is 0.0571. The van der Waals surface area contributed by atoms with Gasteiger partial charge in [-0.1, -0.05) is 13.8 Å². The predicted molar refractivity (Wildman–Crippen MR) is 111 cm³/mol. The zero-order chi connectivity index (χ0) is 18.3. The van der Waals surface area contributed by atoms with Crippen molar-refractivity contribution < 1.29 is 4.43 Å². The van der Waals surface area contributed by atoms with Gasteiger partial charge in [0.15, 0.2) is 9.76 Å². The highest BCUT2D eigenvalue weighted by molar-refractivity contribution is 6.27. The minimum absolute atomic E-state index is 0.0571. The van der Waals surface area contributed by atoms with E-state index in [-0.39, 0.29) is 15.4 Å². The van der Waals surface area contributed by atoms with Crippen LogP contribution in [0.15, 0.2) is 0 Å². The van der Waals surface area contributed by atoms with Crippen molar-refractivity contribution in [3.63, 3.8) is 0 Å². The Hall–Kier alpha value is 0.0569. The molecule has 0 saturated heterocycles. The Labute approximate surface area is 154 Å². The van der Waals surface area contributed by atoms with Crippen LogP contribution in [0.5, 0.6) is 0 Å². The predicted octanol–water partition coefficient (Wildman–Crippen LogP) is 2.73. The van der Waals surface area contributed by atoms with Gasteiger partial charge in [-0.25, -0.2) is 0 Å². The van der Waals surface area contributed by atoms with Crippen molar-refractivity contribution in [2.24, 2.45) is 0 Å². The summed E-state index contributed by atoms with van der Waals surface area (Å²) in [5.74, 6) is 0. The summed E-state index contributed by atoms with van der Waals surface area (Å²) in [6.45, 7) is 19.3. The molecule has 0 aromatic heterocycles. The van der Waals surface area contributed by atoms with Gasteiger partial charge in [0.05, 0.1) is 0 Å². The molecule has 0 unspecified atom stereocenters. The van der Waals surface area contributed by atoms with Gasteiger partial charge in [-0.05, 0) is 105 Å². The maximum Gasteiger partial charge on any atom is 0.162 e. The fourth-order valence-corrected chi connectivity index (χ4v) is 3.79. The molecule has 146 valence electrons. The van der Waals surface area contributed by atoms with E-state index in [1.165, 1.54) is 57.9 Å². The second-order valence-electron chi connectivity index (χ2n) is 7.86. The van der Waals surface area contributed by atoms with Crippen LogP contribution in [0, 0.1) is 0 Å². The Balaban J connectivity index is 3.93. The molecule has 0 bridgehead atoms. The molecule has 5 heteroatoms. The fourth-order valence-electron chi connectivity index (χ4n) is 2.60. The van der Waals surface area contributed by atoms with Gasteiger partial charge in [0.25, 0.3) is 0 Å². The average Bonchev–Trinajstić information content (AvgIpc) is 2.52. The molecule has 0 atom stereocenters. The van der Waals surface area contributed by atoms with E-state index in [4.69, 9.17) is 4.43 Å². The van der Waals surface area contributed by atoms with Gasteiger partial charge in [0.1, 0.15) is 0 Å². The summed E-state index contributed by atoms with van der Waals surface area (Å²) in [5, 5.41) is 3.52. The van der Waals surface area contributed by atoms with Crippen LogP contribution in [0.4, 0.5) is 0 Å². The van der Waals surface area contributed by atoms with Crippen molar-refractivity contribution in [1.29, 1.82) is 0 Å². The highest BCUT2D eigenvalue weighted by Gasteiger charge is 2.10. The van der Waals surface area contributed by atoms with Gasteiger partial charge in [-0.3, -0.25) is 0 Å². The molecule has 0 rings (SSSR count). The molecule has 0 saturated carbocycles. The molecule has 0 radical (unpaired) electrons. The van der Waals surface area contributed by atoms with Crippen molar-refractivity contribution in [2.45, 2.75) is 71.9 Å². The fraction of sp³-hybridized carbons (Fsp3) is 1.00. The zero-order valence-corrected chi connectivity index (χ0v) is 18.9. The number of nitrogens with one attached hydrogen (secondary N) is 1. The molecule has 0 heterocycles. The highest BCUT2D eigenvalue weighted by atomic mass is 28.2. The molecule has 4 nitrogen and oxygen atoms in total. The van der Waals surface area contributed by atoms with E-state index < -0.39 is 0 Å². The average molecular weight is 360 g/mol. The molecule has 0 aromatic carbocycles. The first-order chi connectivity index (χ1) is 11.4. The molecule has 0 aromatic rings. The Morgan fingerprint density at radius 1 is 0.917 bits per heavy atom. The van der Waals surface area contributed by atoms with E-state index in [1.807, 2.05) is 0 Å².